The van der Waals surface area contributed by atoms with Crippen molar-refractivity contribution in [2.45, 2.75) is 32.2 Å². The van der Waals surface area contributed by atoms with Crippen molar-refractivity contribution < 1.29 is 9.15 Å². The molecule has 0 saturated carbocycles. The Balaban J connectivity index is 1.48. The number of morpholine rings is 1. The highest BCUT2D eigenvalue weighted by molar-refractivity contribution is 4.98. The van der Waals surface area contributed by atoms with Gasteiger partial charge < -0.3 is 14.5 Å². The monoisotopic (exact) mass is 266 g/mol. The first-order chi connectivity index (χ1) is 9.34. The number of nitrogens with zero attached hydrogens (tertiary/aromatic N) is 1. The highest BCUT2D eigenvalue weighted by Gasteiger charge is 2.09. The standard InChI is InChI=1S/C15H26N2O2/c1-14(5-6-15-4-2-11-19-15)16-7-3-8-17-9-12-18-13-10-17/h2,4,11,14,16H,3,5-10,12-13H2,1H3. The van der Waals surface area contributed by atoms with E-state index in [1.165, 1.54) is 13.0 Å². The van der Waals surface area contributed by atoms with Gasteiger partial charge in [0.2, 0.25) is 0 Å². The van der Waals surface area contributed by atoms with Gasteiger partial charge in [-0.3, -0.25) is 4.90 Å². The van der Waals surface area contributed by atoms with Crippen LogP contribution >= 0.6 is 0 Å². The second-order valence-corrected chi connectivity index (χ2v) is 5.28. The maximum absolute atomic E-state index is 5.35. The predicted octanol–water partition coefficient (Wildman–Crippen LogP) is 1.91. The Bertz CT molecular complexity index is 321. The summed E-state index contributed by atoms with van der Waals surface area (Å²) in [5.41, 5.74) is 0. The maximum atomic E-state index is 5.35. The molecule has 0 aliphatic carbocycles. The molecule has 4 nitrogen and oxygen atoms in total. The van der Waals surface area contributed by atoms with Crippen molar-refractivity contribution in [3.8, 4) is 0 Å². The topological polar surface area (TPSA) is 37.6 Å². The van der Waals surface area contributed by atoms with Crippen molar-refractivity contribution in [1.82, 2.24) is 10.2 Å². The molecule has 0 spiro atoms. The molecule has 1 aromatic rings. The Morgan fingerprint density at radius 3 is 2.95 bits per heavy atom. The zero-order valence-corrected chi connectivity index (χ0v) is 11.9. The van der Waals surface area contributed by atoms with E-state index < -0.39 is 0 Å². The van der Waals surface area contributed by atoms with Crippen LogP contribution < -0.4 is 5.32 Å². The number of ether oxygens (including phenoxy) is 1. The smallest absolute Gasteiger partial charge is 0.103 e. The third-order valence-electron chi connectivity index (χ3n) is 3.65. The molecule has 0 bridgehead atoms. The largest absolute Gasteiger partial charge is 0.469 e. The molecule has 1 aromatic heterocycles. The molecule has 2 rings (SSSR count). The first-order valence-electron chi connectivity index (χ1n) is 7.40. The van der Waals surface area contributed by atoms with Crippen molar-refractivity contribution in [2.24, 2.45) is 0 Å². The van der Waals surface area contributed by atoms with Crippen LogP contribution in [0.25, 0.3) is 0 Å². The molecule has 1 N–H and O–H groups in total. The van der Waals surface area contributed by atoms with Crippen LogP contribution in [-0.2, 0) is 11.2 Å². The number of aryl methyl sites for hydroxylation is 1. The van der Waals surface area contributed by atoms with E-state index in [4.69, 9.17) is 9.15 Å². The van der Waals surface area contributed by atoms with Crippen LogP contribution in [0.2, 0.25) is 0 Å². The average molecular weight is 266 g/mol. The second-order valence-electron chi connectivity index (χ2n) is 5.28. The SMILES string of the molecule is CC(CCc1ccco1)NCCCN1CCOCC1. The lowest BCUT2D eigenvalue weighted by Gasteiger charge is -2.26. The third-order valence-corrected chi connectivity index (χ3v) is 3.65. The number of furan rings is 1. The van der Waals surface area contributed by atoms with Crippen LogP contribution in [0.4, 0.5) is 0 Å². The zero-order chi connectivity index (χ0) is 13.3. The van der Waals surface area contributed by atoms with Crippen LogP contribution in [0.5, 0.6) is 0 Å². The first-order valence-corrected chi connectivity index (χ1v) is 7.40. The van der Waals surface area contributed by atoms with Gasteiger partial charge in [0.05, 0.1) is 19.5 Å². The summed E-state index contributed by atoms with van der Waals surface area (Å²) in [7, 11) is 0. The van der Waals surface area contributed by atoms with Crippen molar-refractivity contribution >= 4 is 0 Å². The molecule has 108 valence electrons. The normalized spacial score (nSPS) is 18.6. The van der Waals surface area contributed by atoms with Gasteiger partial charge in [-0.1, -0.05) is 0 Å². The van der Waals surface area contributed by atoms with E-state index in [-0.39, 0.29) is 0 Å². The lowest BCUT2D eigenvalue weighted by molar-refractivity contribution is 0.0374. The minimum Gasteiger partial charge on any atom is -0.469 e. The van der Waals surface area contributed by atoms with E-state index >= 15 is 0 Å². The molecule has 1 aliphatic heterocycles. The Labute approximate surface area is 116 Å². The summed E-state index contributed by atoms with van der Waals surface area (Å²) in [6.07, 6.45) is 5.11. The van der Waals surface area contributed by atoms with Gasteiger partial charge in [-0.25, -0.2) is 0 Å². The number of hydrogen-bond acceptors (Lipinski definition) is 4. The molecular weight excluding hydrogens is 240 g/mol. The van der Waals surface area contributed by atoms with E-state index in [9.17, 15) is 0 Å². The predicted molar refractivity (Wildman–Crippen MR) is 76.4 cm³/mol. The molecule has 19 heavy (non-hydrogen) atoms. The van der Waals surface area contributed by atoms with E-state index in [0.717, 1.165) is 51.4 Å². The van der Waals surface area contributed by atoms with Crippen molar-refractivity contribution in [3.05, 3.63) is 24.2 Å². The molecule has 2 heterocycles. The highest BCUT2D eigenvalue weighted by atomic mass is 16.5. The van der Waals surface area contributed by atoms with Crippen LogP contribution in [0.15, 0.2) is 22.8 Å². The minimum absolute atomic E-state index is 0.551. The summed E-state index contributed by atoms with van der Waals surface area (Å²) in [4.78, 5) is 2.48. The van der Waals surface area contributed by atoms with Crippen molar-refractivity contribution in [1.29, 1.82) is 0 Å². The molecular formula is C15H26N2O2. The third kappa shape index (κ3) is 5.76. The summed E-state index contributed by atoms with van der Waals surface area (Å²) in [5, 5.41) is 3.59. The number of hydrogen-bond donors (Lipinski definition) is 1. The fraction of sp³-hybridized carbons (Fsp3) is 0.733. The van der Waals surface area contributed by atoms with Gasteiger partial charge in [0.1, 0.15) is 5.76 Å². The Morgan fingerprint density at radius 2 is 2.21 bits per heavy atom. The summed E-state index contributed by atoms with van der Waals surface area (Å²) >= 11 is 0. The molecule has 1 fully saturated rings. The molecule has 1 saturated heterocycles. The average Bonchev–Trinajstić information content (AvgIpc) is 2.96. The highest BCUT2D eigenvalue weighted by Crippen LogP contribution is 2.05. The van der Waals surface area contributed by atoms with E-state index in [1.54, 1.807) is 6.26 Å². The Hall–Kier alpha value is -0.840. The van der Waals surface area contributed by atoms with Gasteiger partial charge in [0.25, 0.3) is 0 Å². The minimum atomic E-state index is 0.551. The van der Waals surface area contributed by atoms with Crippen molar-refractivity contribution in [3.63, 3.8) is 0 Å². The quantitative estimate of drug-likeness (QED) is 0.729. The number of nitrogens with one attached hydrogen (secondary N) is 1. The summed E-state index contributed by atoms with van der Waals surface area (Å²) in [5.74, 6) is 1.09. The van der Waals surface area contributed by atoms with E-state index in [1.807, 2.05) is 12.1 Å². The van der Waals surface area contributed by atoms with Gasteiger partial charge in [0.15, 0.2) is 0 Å². The van der Waals surface area contributed by atoms with E-state index in [2.05, 4.69) is 17.1 Å². The molecule has 0 aromatic carbocycles. The fourth-order valence-corrected chi connectivity index (χ4v) is 2.39. The molecule has 0 radical (unpaired) electrons. The summed E-state index contributed by atoms with van der Waals surface area (Å²) in [6.45, 7) is 8.50. The van der Waals surface area contributed by atoms with E-state index in [0.29, 0.717) is 6.04 Å². The van der Waals surface area contributed by atoms with Gasteiger partial charge in [0, 0.05) is 25.6 Å². The summed E-state index contributed by atoms with van der Waals surface area (Å²) < 4.78 is 10.7. The van der Waals surface area contributed by atoms with Gasteiger partial charge in [-0.05, 0) is 45.0 Å². The van der Waals surface area contributed by atoms with Crippen LogP contribution in [0.3, 0.4) is 0 Å². The maximum Gasteiger partial charge on any atom is 0.103 e. The fourth-order valence-electron chi connectivity index (χ4n) is 2.39. The van der Waals surface area contributed by atoms with Gasteiger partial charge in [-0.2, -0.15) is 0 Å². The van der Waals surface area contributed by atoms with Crippen molar-refractivity contribution in [2.75, 3.05) is 39.4 Å². The number of rotatable bonds is 8. The lowest BCUT2D eigenvalue weighted by atomic mass is 10.1. The molecule has 1 aliphatic rings. The molecule has 0 amide bonds. The Kier molecular flexibility index (Phi) is 6.41. The molecule has 4 heteroatoms. The van der Waals surface area contributed by atoms with Crippen LogP contribution in [0.1, 0.15) is 25.5 Å². The zero-order valence-electron chi connectivity index (χ0n) is 11.9. The summed E-state index contributed by atoms with van der Waals surface area (Å²) in [6, 6.07) is 4.55. The Morgan fingerprint density at radius 1 is 1.37 bits per heavy atom. The molecule has 1 atom stereocenters. The van der Waals surface area contributed by atoms with Crippen LogP contribution in [0, 0.1) is 0 Å². The van der Waals surface area contributed by atoms with Crippen LogP contribution in [-0.4, -0.2) is 50.3 Å². The molecule has 1 unspecified atom stereocenters. The lowest BCUT2D eigenvalue weighted by Crippen LogP contribution is -2.38. The first kappa shape index (κ1) is 14.6. The van der Waals surface area contributed by atoms with Gasteiger partial charge >= 0.3 is 0 Å². The van der Waals surface area contributed by atoms with Gasteiger partial charge in [-0.15, -0.1) is 0 Å². The second kappa shape index (κ2) is 8.35.